The van der Waals surface area contributed by atoms with Crippen molar-refractivity contribution in [2.24, 2.45) is 5.14 Å². The Morgan fingerprint density at radius 3 is 2.48 bits per heavy atom. The molecule has 0 amide bonds. The molecule has 2 N–H and O–H groups in total. The predicted octanol–water partition coefficient (Wildman–Crippen LogP) is 4.00. The third-order valence-corrected chi connectivity index (χ3v) is 5.09. The molecular formula is C18H13ClF2N2O3S. The van der Waals surface area contributed by atoms with E-state index in [4.69, 9.17) is 21.5 Å². The topological polar surface area (TPSA) is 82.3 Å². The number of hydrogen-bond acceptors (Lipinski definition) is 4. The van der Waals surface area contributed by atoms with Crippen molar-refractivity contribution in [1.82, 2.24) is 4.98 Å². The summed E-state index contributed by atoms with van der Waals surface area (Å²) in [6.07, 6.45) is 1.41. The summed E-state index contributed by atoms with van der Waals surface area (Å²) in [5.41, 5.74) is 1.01. The molecule has 0 saturated heterocycles. The summed E-state index contributed by atoms with van der Waals surface area (Å²) in [6.45, 7) is 0. The van der Waals surface area contributed by atoms with Crippen molar-refractivity contribution in [3.63, 3.8) is 0 Å². The highest BCUT2D eigenvalue weighted by molar-refractivity contribution is 7.89. The van der Waals surface area contributed by atoms with Crippen LogP contribution in [0.1, 0.15) is 0 Å². The predicted molar refractivity (Wildman–Crippen MR) is 98.0 cm³/mol. The molecule has 0 radical (unpaired) electrons. The second kappa shape index (κ2) is 7.22. The summed E-state index contributed by atoms with van der Waals surface area (Å²) in [7, 11) is -2.94. The molecule has 140 valence electrons. The van der Waals surface area contributed by atoms with Crippen molar-refractivity contribution < 1.29 is 21.9 Å². The Bertz CT molecular complexity index is 1140. The molecule has 2 aromatic carbocycles. The number of primary sulfonamides is 1. The van der Waals surface area contributed by atoms with E-state index in [1.54, 1.807) is 30.3 Å². The summed E-state index contributed by atoms with van der Waals surface area (Å²) in [6, 6.07) is 9.51. The fraction of sp³-hybridized carbons (Fsp3) is 0.0556. The highest BCUT2D eigenvalue weighted by Gasteiger charge is 2.21. The Balaban J connectivity index is 2.22. The molecule has 1 heterocycles. The van der Waals surface area contributed by atoms with Gasteiger partial charge in [-0.15, -0.1) is 0 Å². The summed E-state index contributed by atoms with van der Waals surface area (Å²) in [5.74, 6) is -1.74. The van der Waals surface area contributed by atoms with Gasteiger partial charge in [-0.1, -0.05) is 23.7 Å². The SMILES string of the molecule is COc1cc(-c2cccnc2-c2cc(F)c(S(N)(=O)=O)cc2F)ccc1Cl. The van der Waals surface area contributed by atoms with Crippen molar-refractivity contribution in [3.8, 4) is 28.1 Å². The molecule has 27 heavy (non-hydrogen) atoms. The Morgan fingerprint density at radius 2 is 1.81 bits per heavy atom. The molecule has 0 saturated carbocycles. The van der Waals surface area contributed by atoms with Gasteiger partial charge in [-0.3, -0.25) is 4.98 Å². The van der Waals surface area contributed by atoms with Crippen LogP contribution in [-0.4, -0.2) is 20.5 Å². The van der Waals surface area contributed by atoms with Crippen LogP contribution in [0, 0.1) is 11.6 Å². The molecule has 5 nitrogen and oxygen atoms in total. The first kappa shape index (κ1) is 19.2. The number of methoxy groups -OCH3 is 1. The second-order valence-corrected chi connectivity index (χ2v) is 7.49. The maximum atomic E-state index is 14.6. The quantitative estimate of drug-likeness (QED) is 0.704. The fourth-order valence-corrected chi connectivity index (χ4v) is 3.40. The van der Waals surface area contributed by atoms with Crippen LogP contribution in [0.4, 0.5) is 8.78 Å². The number of rotatable bonds is 4. The second-order valence-electron chi connectivity index (χ2n) is 5.56. The summed E-state index contributed by atoms with van der Waals surface area (Å²) in [4.78, 5) is 3.21. The largest absolute Gasteiger partial charge is 0.495 e. The fourth-order valence-electron chi connectivity index (χ4n) is 2.61. The van der Waals surface area contributed by atoms with E-state index in [1.165, 1.54) is 13.3 Å². The van der Waals surface area contributed by atoms with Gasteiger partial charge in [0.1, 0.15) is 22.3 Å². The first-order valence-electron chi connectivity index (χ1n) is 7.53. The van der Waals surface area contributed by atoms with E-state index >= 15 is 0 Å². The number of sulfonamides is 1. The maximum Gasteiger partial charge on any atom is 0.241 e. The number of halogens is 3. The Hall–Kier alpha value is -2.55. The lowest BCUT2D eigenvalue weighted by Gasteiger charge is -2.12. The molecule has 0 fully saturated rings. The number of pyridine rings is 1. The van der Waals surface area contributed by atoms with Crippen LogP contribution < -0.4 is 9.88 Å². The summed E-state index contributed by atoms with van der Waals surface area (Å²) < 4.78 is 56.7. The van der Waals surface area contributed by atoms with Crippen molar-refractivity contribution in [3.05, 3.63) is 65.3 Å². The van der Waals surface area contributed by atoms with Crippen molar-refractivity contribution >= 4 is 21.6 Å². The Morgan fingerprint density at radius 1 is 1.07 bits per heavy atom. The zero-order chi connectivity index (χ0) is 19.8. The molecule has 0 bridgehead atoms. The molecule has 0 aliphatic rings. The van der Waals surface area contributed by atoms with Gasteiger partial charge in [-0.05, 0) is 35.9 Å². The van der Waals surface area contributed by atoms with Crippen molar-refractivity contribution in [2.75, 3.05) is 7.11 Å². The molecule has 0 aliphatic carbocycles. The molecule has 3 rings (SSSR count). The van der Waals surface area contributed by atoms with Gasteiger partial charge < -0.3 is 4.74 Å². The number of benzene rings is 2. The monoisotopic (exact) mass is 410 g/mol. The van der Waals surface area contributed by atoms with Gasteiger partial charge in [0, 0.05) is 17.3 Å². The van der Waals surface area contributed by atoms with Crippen LogP contribution >= 0.6 is 11.6 Å². The van der Waals surface area contributed by atoms with Gasteiger partial charge in [-0.25, -0.2) is 22.3 Å². The van der Waals surface area contributed by atoms with Crippen LogP contribution in [0.2, 0.25) is 5.02 Å². The van der Waals surface area contributed by atoms with Gasteiger partial charge in [0.05, 0.1) is 17.8 Å². The minimum atomic E-state index is -4.40. The molecule has 0 unspecified atom stereocenters. The minimum Gasteiger partial charge on any atom is -0.495 e. The van der Waals surface area contributed by atoms with Gasteiger partial charge >= 0.3 is 0 Å². The van der Waals surface area contributed by atoms with E-state index in [-0.39, 0.29) is 11.3 Å². The van der Waals surface area contributed by atoms with E-state index in [9.17, 15) is 17.2 Å². The number of nitrogens with zero attached hydrogens (tertiary/aromatic N) is 1. The molecule has 0 spiro atoms. The first-order chi connectivity index (χ1) is 12.7. The van der Waals surface area contributed by atoms with Gasteiger partial charge in [0.15, 0.2) is 0 Å². The van der Waals surface area contributed by atoms with E-state index in [0.29, 0.717) is 28.0 Å². The zero-order valence-corrected chi connectivity index (χ0v) is 15.5. The average Bonchev–Trinajstić information content (AvgIpc) is 2.63. The van der Waals surface area contributed by atoms with Gasteiger partial charge in [0.2, 0.25) is 10.0 Å². The third-order valence-electron chi connectivity index (χ3n) is 3.85. The lowest BCUT2D eigenvalue weighted by Crippen LogP contribution is -2.14. The first-order valence-corrected chi connectivity index (χ1v) is 9.46. The van der Waals surface area contributed by atoms with E-state index in [1.807, 2.05) is 0 Å². The number of ether oxygens (including phenoxy) is 1. The lowest BCUT2D eigenvalue weighted by molar-refractivity contribution is 0.415. The number of hydrogen-bond donors (Lipinski definition) is 1. The van der Waals surface area contributed by atoms with Crippen molar-refractivity contribution in [1.29, 1.82) is 0 Å². The van der Waals surface area contributed by atoms with Crippen LogP contribution in [-0.2, 0) is 10.0 Å². The average molecular weight is 411 g/mol. The van der Waals surface area contributed by atoms with Crippen LogP contribution in [0.5, 0.6) is 5.75 Å². The Kier molecular flexibility index (Phi) is 5.14. The van der Waals surface area contributed by atoms with Crippen LogP contribution in [0.25, 0.3) is 22.4 Å². The van der Waals surface area contributed by atoms with Gasteiger partial charge in [-0.2, -0.15) is 0 Å². The molecule has 0 aliphatic heterocycles. The smallest absolute Gasteiger partial charge is 0.241 e. The highest BCUT2D eigenvalue weighted by atomic mass is 35.5. The van der Waals surface area contributed by atoms with Crippen LogP contribution in [0.3, 0.4) is 0 Å². The molecule has 3 aromatic rings. The molecular weight excluding hydrogens is 398 g/mol. The summed E-state index contributed by atoms with van der Waals surface area (Å²) >= 11 is 6.03. The normalized spacial score (nSPS) is 11.4. The maximum absolute atomic E-state index is 14.6. The third kappa shape index (κ3) is 3.78. The lowest BCUT2D eigenvalue weighted by atomic mass is 9.99. The summed E-state index contributed by atoms with van der Waals surface area (Å²) in [5, 5.41) is 5.30. The molecule has 9 heteroatoms. The van der Waals surface area contributed by atoms with Crippen LogP contribution in [0.15, 0.2) is 53.6 Å². The molecule has 1 aromatic heterocycles. The van der Waals surface area contributed by atoms with Gasteiger partial charge in [0.25, 0.3) is 0 Å². The van der Waals surface area contributed by atoms with E-state index in [2.05, 4.69) is 4.98 Å². The van der Waals surface area contributed by atoms with E-state index in [0.717, 1.165) is 6.07 Å². The Labute approximate surface area is 159 Å². The highest BCUT2D eigenvalue weighted by Crippen LogP contribution is 2.36. The number of aromatic nitrogens is 1. The zero-order valence-electron chi connectivity index (χ0n) is 13.9. The van der Waals surface area contributed by atoms with Crippen molar-refractivity contribution in [2.45, 2.75) is 4.90 Å². The van der Waals surface area contributed by atoms with E-state index < -0.39 is 26.6 Å². The minimum absolute atomic E-state index is 0.124. The standard InChI is InChI=1S/C18H13ClF2N2O3S/c1-26-16-7-10(4-5-13(16)19)11-3-2-6-23-18(11)12-8-15(21)17(9-14(12)20)27(22,24)25/h2-9H,1H3,(H2,22,24,25). The molecule has 0 atom stereocenters. The number of nitrogens with two attached hydrogens (primary N) is 1.